The minimum Gasteiger partial charge on any atom is -0.497 e. The number of nitrogens with two attached hydrogens (primary N) is 1. The van der Waals surface area contributed by atoms with Gasteiger partial charge in [0.25, 0.3) is 0 Å². The van der Waals surface area contributed by atoms with Crippen molar-refractivity contribution >= 4 is 16.3 Å². The summed E-state index contributed by atoms with van der Waals surface area (Å²) in [6, 6.07) is 16.0. The van der Waals surface area contributed by atoms with Crippen molar-refractivity contribution in [3.05, 3.63) is 60.4 Å². The second kappa shape index (κ2) is 6.82. The van der Waals surface area contributed by atoms with Crippen molar-refractivity contribution in [2.75, 3.05) is 14.2 Å². The van der Waals surface area contributed by atoms with Crippen molar-refractivity contribution < 1.29 is 9.47 Å². The third-order valence-electron chi connectivity index (χ3n) is 4.34. The molecular formula is C20H19N3O2S. The van der Waals surface area contributed by atoms with E-state index in [1.807, 2.05) is 36.4 Å². The Hall–Kier alpha value is -2.83. The summed E-state index contributed by atoms with van der Waals surface area (Å²) in [6.07, 6.45) is 2.10. The lowest BCUT2D eigenvalue weighted by Gasteiger charge is -2.10. The van der Waals surface area contributed by atoms with Crippen LogP contribution in [0.3, 0.4) is 0 Å². The monoisotopic (exact) mass is 365 g/mol. The van der Waals surface area contributed by atoms with Gasteiger partial charge < -0.3 is 15.2 Å². The smallest absolute Gasteiger partial charge is 0.195 e. The summed E-state index contributed by atoms with van der Waals surface area (Å²) < 4.78 is 12.9. The Labute approximate surface area is 155 Å². The molecule has 6 heteroatoms. The summed E-state index contributed by atoms with van der Waals surface area (Å²) in [5, 5.41) is 0. The summed E-state index contributed by atoms with van der Waals surface area (Å²) in [5.41, 5.74) is 9.96. The Balaban J connectivity index is 1.86. The predicted molar refractivity (Wildman–Crippen MR) is 105 cm³/mol. The van der Waals surface area contributed by atoms with Crippen LogP contribution in [0.2, 0.25) is 0 Å². The number of ether oxygens (including phenoxy) is 2. The summed E-state index contributed by atoms with van der Waals surface area (Å²) in [5.74, 6) is 1.46. The molecule has 0 spiro atoms. The van der Waals surface area contributed by atoms with Crippen LogP contribution < -0.4 is 15.2 Å². The van der Waals surface area contributed by atoms with Gasteiger partial charge in [-0.2, -0.15) is 0 Å². The number of benzene rings is 2. The van der Waals surface area contributed by atoms with Crippen LogP contribution in [0.15, 0.2) is 54.7 Å². The Bertz CT molecular complexity index is 1050. The van der Waals surface area contributed by atoms with Crippen LogP contribution in [0.4, 0.5) is 0 Å². The Morgan fingerprint density at radius 3 is 2.58 bits per heavy atom. The van der Waals surface area contributed by atoms with Crippen LogP contribution in [-0.2, 0) is 6.54 Å². The van der Waals surface area contributed by atoms with E-state index in [-0.39, 0.29) is 0 Å². The number of thiazole rings is 1. The molecule has 0 atom stereocenters. The molecule has 2 heterocycles. The van der Waals surface area contributed by atoms with E-state index in [0.717, 1.165) is 32.5 Å². The molecule has 132 valence electrons. The van der Waals surface area contributed by atoms with E-state index < -0.39 is 0 Å². The van der Waals surface area contributed by atoms with Gasteiger partial charge in [0.05, 0.1) is 30.5 Å². The van der Waals surface area contributed by atoms with Crippen LogP contribution in [0.1, 0.15) is 5.69 Å². The van der Waals surface area contributed by atoms with Gasteiger partial charge in [-0.15, -0.1) is 0 Å². The molecule has 0 aliphatic heterocycles. The molecule has 0 amide bonds. The number of hydrogen-bond donors (Lipinski definition) is 1. The van der Waals surface area contributed by atoms with Gasteiger partial charge in [0.2, 0.25) is 0 Å². The van der Waals surface area contributed by atoms with Crippen molar-refractivity contribution in [3.8, 4) is 33.2 Å². The first kappa shape index (κ1) is 16.6. The molecule has 4 aromatic rings. The number of rotatable bonds is 5. The van der Waals surface area contributed by atoms with E-state index >= 15 is 0 Å². The second-order valence-electron chi connectivity index (χ2n) is 5.79. The van der Waals surface area contributed by atoms with Crippen LogP contribution in [0.25, 0.3) is 26.7 Å². The highest BCUT2D eigenvalue weighted by molar-refractivity contribution is 7.20. The summed E-state index contributed by atoms with van der Waals surface area (Å²) >= 11 is 1.65. The molecule has 5 nitrogen and oxygen atoms in total. The summed E-state index contributed by atoms with van der Waals surface area (Å²) in [6.45, 7) is 0.386. The normalized spacial score (nSPS) is 11.0. The minimum absolute atomic E-state index is 0.386. The SMILES string of the molecule is COc1ccc(-c2nc3sc(-c4ccccc4)cn3c2CN)c(OC)c1. The van der Waals surface area contributed by atoms with Crippen molar-refractivity contribution in [2.45, 2.75) is 6.54 Å². The lowest BCUT2D eigenvalue weighted by atomic mass is 10.1. The van der Waals surface area contributed by atoms with Gasteiger partial charge in [-0.3, -0.25) is 4.40 Å². The Morgan fingerprint density at radius 2 is 1.88 bits per heavy atom. The quantitative estimate of drug-likeness (QED) is 0.576. The molecule has 0 saturated heterocycles. The van der Waals surface area contributed by atoms with E-state index in [1.54, 1.807) is 25.6 Å². The summed E-state index contributed by atoms with van der Waals surface area (Å²) in [4.78, 5) is 6.92. The van der Waals surface area contributed by atoms with Gasteiger partial charge in [0.1, 0.15) is 11.5 Å². The van der Waals surface area contributed by atoms with E-state index in [2.05, 4.69) is 22.7 Å². The molecule has 0 fully saturated rings. The number of methoxy groups -OCH3 is 2. The van der Waals surface area contributed by atoms with Crippen LogP contribution in [0, 0.1) is 0 Å². The molecule has 0 radical (unpaired) electrons. The number of aromatic nitrogens is 2. The fourth-order valence-corrected chi connectivity index (χ4v) is 4.04. The largest absolute Gasteiger partial charge is 0.497 e. The topological polar surface area (TPSA) is 61.8 Å². The van der Waals surface area contributed by atoms with E-state index in [1.165, 1.54) is 5.56 Å². The standard InChI is InChI=1S/C20H19N3O2S/c1-24-14-8-9-15(17(10-14)25-2)19-16(11-21)23-12-18(26-20(23)22-19)13-6-4-3-5-7-13/h3-10,12H,11,21H2,1-2H3. The second-order valence-corrected chi connectivity index (χ2v) is 6.80. The van der Waals surface area contributed by atoms with E-state index in [0.29, 0.717) is 12.3 Å². The number of fused-ring (bicyclic) bond motifs is 1. The zero-order valence-corrected chi connectivity index (χ0v) is 15.4. The van der Waals surface area contributed by atoms with Gasteiger partial charge in [-0.25, -0.2) is 4.98 Å². The molecule has 26 heavy (non-hydrogen) atoms. The van der Waals surface area contributed by atoms with Gasteiger partial charge in [0, 0.05) is 24.4 Å². The highest BCUT2D eigenvalue weighted by Gasteiger charge is 2.19. The Kier molecular flexibility index (Phi) is 4.36. The minimum atomic E-state index is 0.386. The van der Waals surface area contributed by atoms with Gasteiger partial charge >= 0.3 is 0 Å². The molecule has 0 aliphatic rings. The van der Waals surface area contributed by atoms with Crippen LogP contribution >= 0.6 is 11.3 Å². The lowest BCUT2D eigenvalue weighted by molar-refractivity contribution is 0.395. The molecule has 4 rings (SSSR count). The van der Waals surface area contributed by atoms with Crippen LogP contribution in [0.5, 0.6) is 11.5 Å². The molecule has 2 aromatic carbocycles. The molecule has 2 N–H and O–H groups in total. The highest BCUT2D eigenvalue weighted by Crippen LogP contribution is 2.37. The average molecular weight is 365 g/mol. The number of hydrogen-bond acceptors (Lipinski definition) is 5. The highest BCUT2D eigenvalue weighted by atomic mass is 32.1. The first-order valence-electron chi connectivity index (χ1n) is 8.23. The maximum absolute atomic E-state index is 6.07. The predicted octanol–water partition coefficient (Wildman–Crippen LogP) is 4.21. The molecule has 0 bridgehead atoms. The Morgan fingerprint density at radius 1 is 1.08 bits per heavy atom. The van der Waals surface area contributed by atoms with Crippen molar-refractivity contribution in [3.63, 3.8) is 0 Å². The fourth-order valence-electron chi connectivity index (χ4n) is 3.03. The third-order valence-corrected chi connectivity index (χ3v) is 5.37. The lowest BCUT2D eigenvalue weighted by Crippen LogP contribution is -2.02. The van der Waals surface area contributed by atoms with Crippen LogP contribution in [-0.4, -0.2) is 23.6 Å². The van der Waals surface area contributed by atoms with Gasteiger partial charge in [0.15, 0.2) is 4.96 Å². The average Bonchev–Trinajstić information content (AvgIpc) is 3.25. The molecule has 0 unspecified atom stereocenters. The molecule has 0 aliphatic carbocycles. The van der Waals surface area contributed by atoms with Crippen molar-refractivity contribution in [1.29, 1.82) is 0 Å². The van der Waals surface area contributed by atoms with E-state index in [9.17, 15) is 0 Å². The maximum Gasteiger partial charge on any atom is 0.195 e. The van der Waals surface area contributed by atoms with Crippen molar-refractivity contribution in [2.24, 2.45) is 5.73 Å². The van der Waals surface area contributed by atoms with Crippen molar-refractivity contribution in [1.82, 2.24) is 9.38 Å². The molecule has 0 saturated carbocycles. The first-order valence-corrected chi connectivity index (χ1v) is 9.05. The van der Waals surface area contributed by atoms with Gasteiger partial charge in [-0.1, -0.05) is 41.7 Å². The summed E-state index contributed by atoms with van der Waals surface area (Å²) in [7, 11) is 3.28. The zero-order valence-electron chi connectivity index (χ0n) is 14.6. The first-order chi connectivity index (χ1) is 12.7. The fraction of sp³-hybridized carbons (Fsp3) is 0.150. The number of imidazole rings is 1. The zero-order chi connectivity index (χ0) is 18.1. The third kappa shape index (κ3) is 2.73. The van der Waals surface area contributed by atoms with E-state index in [4.69, 9.17) is 20.2 Å². The molecule has 2 aromatic heterocycles. The molecular weight excluding hydrogens is 346 g/mol. The maximum atomic E-state index is 6.07. The van der Waals surface area contributed by atoms with Gasteiger partial charge in [-0.05, 0) is 17.7 Å². The number of nitrogens with zero attached hydrogens (tertiary/aromatic N) is 2.